The second kappa shape index (κ2) is 11.2. The summed E-state index contributed by atoms with van der Waals surface area (Å²) in [6.07, 6.45) is 13.7. The maximum absolute atomic E-state index is 13.8. The van der Waals surface area contributed by atoms with E-state index in [4.69, 9.17) is 16.3 Å². The van der Waals surface area contributed by atoms with Crippen LogP contribution in [0.4, 0.5) is 0 Å². The number of Topliss-reactive ketones (excluding diaryl/α,β-unsaturated/α-hetero) is 1. The van der Waals surface area contributed by atoms with Crippen LogP contribution in [0.2, 0.25) is 5.02 Å². The topological polar surface area (TPSA) is 74.1 Å². The molecule has 1 saturated heterocycles. The largest absolute Gasteiger partial charge is 0.462 e. The first-order valence-corrected chi connectivity index (χ1v) is 15.4. The standard InChI is InChI=1S/C32H40ClN3O3/c1-3-20-10-5-4-9-19(2)32(38)27-15-24-21-12-8-13-22(21)30(16-25(24)26(27)17-31(37)39-20)36-18-29(34-35-36)23-11-6-7-14-28(23)33/h6-7,11,14-15,18-22,24-26,30H,3-5,8-10,12-13,16-17H2,1-2H3/t19-,20+,21-,22?,24?,25-,26+,30-/m1/s1. The van der Waals surface area contributed by atoms with E-state index in [1.54, 1.807) is 0 Å². The molecular weight excluding hydrogens is 510 g/mol. The van der Waals surface area contributed by atoms with Gasteiger partial charge in [-0.1, -0.05) is 67.8 Å². The SMILES string of the molecule is CC[C@H]1CCCC[C@@H](C)C(=O)C2=CC3[C@@H]4CCCC4[C@H](n4cc(-c5ccccc5Cl)nn4)C[C@H]3[C@@H]2CC(=O)O1. The Morgan fingerprint density at radius 2 is 1.82 bits per heavy atom. The van der Waals surface area contributed by atoms with E-state index >= 15 is 0 Å². The molecule has 1 aromatic carbocycles. The van der Waals surface area contributed by atoms with Crippen LogP contribution < -0.4 is 0 Å². The molecule has 0 amide bonds. The van der Waals surface area contributed by atoms with Gasteiger partial charge in [-0.05, 0) is 80.3 Å². The molecule has 3 fully saturated rings. The van der Waals surface area contributed by atoms with E-state index in [0.29, 0.717) is 29.2 Å². The monoisotopic (exact) mass is 549 g/mol. The van der Waals surface area contributed by atoms with Crippen molar-refractivity contribution < 1.29 is 14.3 Å². The van der Waals surface area contributed by atoms with E-state index in [0.717, 1.165) is 68.2 Å². The average Bonchev–Trinajstić information content (AvgIpc) is 3.68. The number of ketones is 1. The van der Waals surface area contributed by atoms with E-state index in [2.05, 4.69) is 34.9 Å². The van der Waals surface area contributed by atoms with Crippen molar-refractivity contribution in [1.29, 1.82) is 0 Å². The summed E-state index contributed by atoms with van der Waals surface area (Å²) < 4.78 is 8.02. The highest BCUT2D eigenvalue weighted by molar-refractivity contribution is 6.33. The highest BCUT2D eigenvalue weighted by atomic mass is 35.5. The molecular formula is C32H40ClN3O3. The normalized spacial score (nSPS) is 35.2. The number of rotatable bonds is 3. The number of aromatic nitrogens is 3. The van der Waals surface area contributed by atoms with Crippen LogP contribution in [0, 0.1) is 35.5 Å². The molecule has 1 aliphatic heterocycles. The van der Waals surface area contributed by atoms with Crippen LogP contribution in [0.25, 0.3) is 11.3 Å². The van der Waals surface area contributed by atoms with E-state index in [1.807, 2.05) is 30.5 Å². The van der Waals surface area contributed by atoms with Crippen molar-refractivity contribution in [3.63, 3.8) is 0 Å². The molecule has 0 spiro atoms. The Bertz CT molecular complexity index is 1250. The molecule has 1 aromatic heterocycles. The summed E-state index contributed by atoms with van der Waals surface area (Å²) in [7, 11) is 0. The molecule has 39 heavy (non-hydrogen) atoms. The highest BCUT2D eigenvalue weighted by Crippen LogP contribution is 2.59. The molecule has 2 saturated carbocycles. The molecule has 4 aliphatic rings. The summed E-state index contributed by atoms with van der Waals surface area (Å²) in [5.74, 6) is 1.60. The summed E-state index contributed by atoms with van der Waals surface area (Å²) >= 11 is 6.47. The highest BCUT2D eigenvalue weighted by Gasteiger charge is 2.53. The number of fused-ring (bicyclic) bond motifs is 5. The van der Waals surface area contributed by atoms with Gasteiger partial charge >= 0.3 is 5.97 Å². The van der Waals surface area contributed by atoms with Gasteiger partial charge in [-0.25, -0.2) is 4.68 Å². The molecule has 0 radical (unpaired) electrons. The van der Waals surface area contributed by atoms with Gasteiger partial charge in [0.05, 0.1) is 23.7 Å². The lowest BCUT2D eigenvalue weighted by molar-refractivity contribution is -0.151. The van der Waals surface area contributed by atoms with Crippen molar-refractivity contribution in [2.45, 2.75) is 90.2 Å². The van der Waals surface area contributed by atoms with Crippen LogP contribution in [-0.2, 0) is 14.3 Å². The van der Waals surface area contributed by atoms with Gasteiger partial charge in [-0.15, -0.1) is 5.10 Å². The maximum atomic E-state index is 13.8. The van der Waals surface area contributed by atoms with Crippen molar-refractivity contribution in [2.75, 3.05) is 0 Å². The quantitative estimate of drug-likeness (QED) is 0.377. The van der Waals surface area contributed by atoms with Crippen molar-refractivity contribution in [3.8, 4) is 11.3 Å². The van der Waals surface area contributed by atoms with E-state index < -0.39 is 0 Å². The lowest BCUT2D eigenvalue weighted by atomic mass is 9.64. The number of nitrogens with zero attached hydrogens (tertiary/aromatic N) is 3. The summed E-state index contributed by atoms with van der Waals surface area (Å²) in [6, 6.07) is 7.94. The first-order valence-electron chi connectivity index (χ1n) is 15.1. The molecule has 2 aromatic rings. The van der Waals surface area contributed by atoms with Crippen LogP contribution in [0.15, 0.2) is 42.1 Å². The molecule has 8 atom stereocenters. The predicted octanol–water partition coefficient (Wildman–Crippen LogP) is 7.24. The molecule has 208 valence electrons. The summed E-state index contributed by atoms with van der Waals surface area (Å²) in [6.45, 7) is 4.17. The lowest BCUT2D eigenvalue weighted by Gasteiger charge is -2.43. The fourth-order valence-electron chi connectivity index (χ4n) is 8.20. The number of hydrogen-bond donors (Lipinski definition) is 0. The lowest BCUT2D eigenvalue weighted by Crippen LogP contribution is -2.39. The number of carbonyl (C=O) groups excluding carboxylic acids is 2. The Labute approximate surface area is 236 Å². The fraction of sp³-hybridized carbons (Fsp3) is 0.625. The van der Waals surface area contributed by atoms with Gasteiger partial charge in [0.1, 0.15) is 11.8 Å². The molecule has 2 heterocycles. The smallest absolute Gasteiger partial charge is 0.306 e. The van der Waals surface area contributed by atoms with Gasteiger partial charge in [0.15, 0.2) is 5.78 Å². The van der Waals surface area contributed by atoms with E-state index in [-0.39, 0.29) is 41.7 Å². The van der Waals surface area contributed by atoms with Crippen LogP contribution in [-0.4, -0.2) is 32.9 Å². The zero-order chi connectivity index (χ0) is 27.1. The number of benzene rings is 1. The number of halogens is 1. The Balaban J connectivity index is 1.32. The van der Waals surface area contributed by atoms with Crippen molar-refractivity contribution >= 4 is 23.4 Å². The molecule has 0 bridgehead atoms. The first-order chi connectivity index (χ1) is 18.9. The van der Waals surface area contributed by atoms with Crippen LogP contribution >= 0.6 is 11.6 Å². The minimum Gasteiger partial charge on any atom is -0.462 e. The molecule has 0 N–H and O–H groups in total. The fourth-order valence-corrected chi connectivity index (χ4v) is 8.43. The third-order valence-corrected chi connectivity index (χ3v) is 10.5. The van der Waals surface area contributed by atoms with Crippen LogP contribution in [0.3, 0.4) is 0 Å². The van der Waals surface area contributed by atoms with Crippen molar-refractivity contribution in [1.82, 2.24) is 15.0 Å². The van der Waals surface area contributed by atoms with E-state index in [9.17, 15) is 9.59 Å². The minimum atomic E-state index is -0.147. The third-order valence-electron chi connectivity index (χ3n) is 10.2. The van der Waals surface area contributed by atoms with Gasteiger partial charge in [0.2, 0.25) is 0 Å². The maximum Gasteiger partial charge on any atom is 0.306 e. The molecule has 6 nitrogen and oxygen atoms in total. The Kier molecular flexibility index (Phi) is 7.67. The Morgan fingerprint density at radius 3 is 2.64 bits per heavy atom. The molecule has 7 heteroatoms. The Morgan fingerprint density at radius 1 is 1.03 bits per heavy atom. The Hall–Kier alpha value is -2.47. The number of hydrogen-bond acceptors (Lipinski definition) is 5. The molecule has 3 aliphatic carbocycles. The van der Waals surface area contributed by atoms with Crippen LogP contribution in [0.1, 0.15) is 84.1 Å². The minimum absolute atomic E-state index is 0.00177. The van der Waals surface area contributed by atoms with Crippen molar-refractivity contribution in [3.05, 3.63) is 47.1 Å². The second-order valence-corrected chi connectivity index (χ2v) is 12.8. The second-order valence-electron chi connectivity index (χ2n) is 12.4. The third kappa shape index (κ3) is 5.10. The average molecular weight is 550 g/mol. The van der Waals surface area contributed by atoms with E-state index in [1.165, 1.54) is 6.42 Å². The summed E-state index contributed by atoms with van der Waals surface area (Å²) in [4.78, 5) is 27.0. The first kappa shape index (κ1) is 26.7. The summed E-state index contributed by atoms with van der Waals surface area (Å²) in [5.41, 5.74) is 2.58. The predicted molar refractivity (Wildman–Crippen MR) is 151 cm³/mol. The zero-order valence-corrected chi connectivity index (χ0v) is 23.9. The van der Waals surface area contributed by atoms with Gasteiger partial charge in [-0.3, -0.25) is 9.59 Å². The van der Waals surface area contributed by atoms with Gasteiger partial charge in [0.25, 0.3) is 0 Å². The number of cyclic esters (lactones) is 1. The number of esters is 1. The number of carbonyl (C=O) groups is 2. The molecule has 2 unspecified atom stereocenters. The van der Waals surface area contributed by atoms with Gasteiger partial charge in [-0.2, -0.15) is 0 Å². The van der Waals surface area contributed by atoms with Crippen LogP contribution in [0.5, 0.6) is 0 Å². The van der Waals surface area contributed by atoms with Gasteiger partial charge < -0.3 is 4.74 Å². The molecule has 6 rings (SSSR count). The number of ether oxygens (including phenoxy) is 1. The van der Waals surface area contributed by atoms with Crippen molar-refractivity contribution in [2.24, 2.45) is 35.5 Å². The summed E-state index contributed by atoms with van der Waals surface area (Å²) in [5, 5.41) is 9.80. The number of allylic oxidation sites excluding steroid dienone is 2. The van der Waals surface area contributed by atoms with Gasteiger partial charge in [0, 0.05) is 17.4 Å². The zero-order valence-electron chi connectivity index (χ0n) is 23.1.